The number of aliphatic hydroxyl groups is 1. The number of carbonyl (C=O) groups excluding carboxylic acids is 1. The number of nitrogens with zero attached hydrogens (tertiary/aromatic N) is 3. The Labute approximate surface area is 278 Å². The zero-order valence-electron chi connectivity index (χ0n) is 25.7. The molecule has 1 atom stereocenters. The first-order chi connectivity index (χ1) is 22.7. The van der Waals surface area contributed by atoms with Crippen molar-refractivity contribution in [3.05, 3.63) is 91.8 Å². The van der Waals surface area contributed by atoms with Gasteiger partial charge in [-0.1, -0.05) is 23.5 Å². The molecule has 0 aliphatic carbocycles. The molecule has 0 radical (unpaired) electrons. The lowest BCUT2D eigenvalue weighted by Crippen LogP contribution is -2.57. The number of aromatic nitrogens is 2. The van der Waals surface area contributed by atoms with Crippen LogP contribution < -0.4 is 10.2 Å². The van der Waals surface area contributed by atoms with E-state index in [0.717, 1.165) is 58.6 Å². The van der Waals surface area contributed by atoms with Crippen LogP contribution in [0, 0.1) is 5.82 Å². The van der Waals surface area contributed by atoms with Crippen molar-refractivity contribution in [2.75, 3.05) is 45.9 Å². The minimum absolute atomic E-state index is 0.0262. The molecule has 2 aromatic heterocycles. The van der Waals surface area contributed by atoms with Gasteiger partial charge in [0.2, 0.25) is 0 Å². The molecular weight excluding hydrogens is 642 g/mol. The van der Waals surface area contributed by atoms with Gasteiger partial charge in [-0.15, -0.1) is 11.3 Å². The van der Waals surface area contributed by atoms with E-state index in [0.29, 0.717) is 60.6 Å². The van der Waals surface area contributed by atoms with Gasteiger partial charge in [-0.2, -0.15) is 0 Å². The summed E-state index contributed by atoms with van der Waals surface area (Å²) in [5.41, 5.74) is 5.68. The van der Waals surface area contributed by atoms with Gasteiger partial charge in [0, 0.05) is 43.9 Å². The molecule has 1 unspecified atom stereocenters. The molecular formula is C34H36FN5O5S2. The number of aliphatic hydroxyl groups excluding tert-OH is 1. The van der Waals surface area contributed by atoms with Crippen LogP contribution in [0.2, 0.25) is 0 Å². The Balaban J connectivity index is 0.905. The van der Waals surface area contributed by atoms with E-state index in [-0.39, 0.29) is 34.5 Å². The van der Waals surface area contributed by atoms with E-state index in [2.05, 4.69) is 20.2 Å². The number of ether oxygens (including phenoxy) is 1. The number of thiazole rings is 2. The summed E-state index contributed by atoms with van der Waals surface area (Å²) in [4.78, 5) is 36.0. The molecule has 2 aliphatic rings. The van der Waals surface area contributed by atoms with Crippen molar-refractivity contribution >= 4 is 49.0 Å². The summed E-state index contributed by atoms with van der Waals surface area (Å²) in [6.07, 6.45) is 1.30. The normalized spacial score (nSPS) is 17.5. The lowest BCUT2D eigenvalue weighted by atomic mass is 9.88. The summed E-state index contributed by atoms with van der Waals surface area (Å²) in [5, 5.41) is 24.0. The number of amides is 1. The van der Waals surface area contributed by atoms with Crippen molar-refractivity contribution in [2.24, 2.45) is 0 Å². The number of aromatic amines is 1. The van der Waals surface area contributed by atoms with E-state index in [1.807, 2.05) is 29.2 Å². The molecule has 10 nitrogen and oxygen atoms in total. The molecule has 4 heterocycles. The summed E-state index contributed by atoms with van der Waals surface area (Å²) >= 11 is 2.49. The van der Waals surface area contributed by atoms with E-state index < -0.39 is 6.10 Å². The molecule has 0 saturated carbocycles. The molecule has 2 aliphatic heterocycles. The third-order valence-corrected chi connectivity index (χ3v) is 10.9. The topological polar surface area (TPSA) is 131 Å². The van der Waals surface area contributed by atoms with Crippen LogP contribution in [0.15, 0.2) is 58.8 Å². The number of phenolic OH excluding ortho intramolecular Hbond substituents is 1. The average Bonchev–Trinajstić information content (AvgIpc) is 3.70. The molecule has 2 saturated heterocycles. The number of morpholine rings is 1. The van der Waals surface area contributed by atoms with Crippen LogP contribution in [0.1, 0.15) is 46.0 Å². The lowest BCUT2D eigenvalue weighted by Gasteiger charge is -2.47. The summed E-state index contributed by atoms with van der Waals surface area (Å²) in [7, 11) is 0. The van der Waals surface area contributed by atoms with Gasteiger partial charge in [-0.25, -0.2) is 9.37 Å². The minimum atomic E-state index is -0.874. The first-order valence-electron chi connectivity index (χ1n) is 15.8. The first-order valence-corrected chi connectivity index (χ1v) is 17.5. The van der Waals surface area contributed by atoms with Gasteiger partial charge in [0.25, 0.3) is 5.91 Å². The molecule has 7 rings (SSSR count). The van der Waals surface area contributed by atoms with E-state index >= 15 is 0 Å². The van der Waals surface area contributed by atoms with Crippen molar-refractivity contribution in [1.29, 1.82) is 0 Å². The molecule has 47 heavy (non-hydrogen) atoms. The van der Waals surface area contributed by atoms with Crippen LogP contribution >= 0.6 is 22.7 Å². The van der Waals surface area contributed by atoms with Crippen LogP contribution in [-0.2, 0) is 17.7 Å². The fraction of sp³-hybridized carbons (Fsp3) is 0.382. The minimum Gasteiger partial charge on any atom is -0.506 e. The highest BCUT2D eigenvalue weighted by atomic mass is 32.1. The Bertz CT molecular complexity index is 1970. The van der Waals surface area contributed by atoms with Crippen molar-refractivity contribution in [1.82, 2.24) is 25.1 Å². The molecule has 1 amide bonds. The predicted molar refractivity (Wildman–Crippen MR) is 181 cm³/mol. The second kappa shape index (κ2) is 13.4. The van der Waals surface area contributed by atoms with Gasteiger partial charge < -0.3 is 30.2 Å². The maximum absolute atomic E-state index is 14.6. The van der Waals surface area contributed by atoms with Gasteiger partial charge >= 0.3 is 4.87 Å². The lowest BCUT2D eigenvalue weighted by molar-refractivity contribution is -0.127. The number of piperidine rings is 1. The Morgan fingerprint density at radius 1 is 1.13 bits per heavy atom. The van der Waals surface area contributed by atoms with E-state index in [1.165, 1.54) is 17.4 Å². The number of hydrogen-bond acceptors (Lipinski definition) is 10. The van der Waals surface area contributed by atoms with Gasteiger partial charge in [0.15, 0.2) is 0 Å². The number of hydrogen-bond donors (Lipinski definition) is 4. The van der Waals surface area contributed by atoms with Crippen LogP contribution in [-0.4, -0.2) is 87.4 Å². The summed E-state index contributed by atoms with van der Waals surface area (Å²) in [6, 6.07) is 13.9. The maximum atomic E-state index is 14.6. The van der Waals surface area contributed by atoms with Gasteiger partial charge in [-0.05, 0) is 73.3 Å². The molecule has 246 valence electrons. The van der Waals surface area contributed by atoms with E-state index in [1.54, 1.807) is 23.7 Å². The highest BCUT2D eigenvalue weighted by molar-refractivity contribution is 7.17. The van der Waals surface area contributed by atoms with E-state index in [4.69, 9.17) is 4.74 Å². The number of phenols is 1. The third kappa shape index (κ3) is 6.96. The van der Waals surface area contributed by atoms with Crippen molar-refractivity contribution < 1.29 is 24.1 Å². The number of nitrogens with one attached hydrogen (secondary N) is 2. The summed E-state index contributed by atoms with van der Waals surface area (Å²) in [6.45, 7) is 4.63. The average molecular weight is 678 g/mol. The van der Waals surface area contributed by atoms with E-state index in [9.17, 15) is 24.2 Å². The van der Waals surface area contributed by atoms with Crippen LogP contribution in [0.5, 0.6) is 5.75 Å². The zero-order chi connectivity index (χ0) is 32.5. The van der Waals surface area contributed by atoms with Gasteiger partial charge in [-0.3, -0.25) is 14.5 Å². The van der Waals surface area contributed by atoms with Crippen molar-refractivity contribution in [3.8, 4) is 5.75 Å². The maximum Gasteiger partial charge on any atom is 0.305 e. The second-order valence-electron chi connectivity index (χ2n) is 12.4. The Morgan fingerprint density at radius 2 is 1.96 bits per heavy atom. The van der Waals surface area contributed by atoms with Crippen LogP contribution in [0.3, 0.4) is 0 Å². The molecule has 1 spiro atoms. The SMILES string of the molecule is O=C(c1ccc2ncsc2c1)N1CCOC2(CCN(Cc3cc(F)cc(CCNCC(O)c4ccc(O)c5[nH]c(=O)sc45)c3)CC2)C1. The predicted octanol–water partition coefficient (Wildman–Crippen LogP) is 4.42. The molecule has 3 aromatic carbocycles. The standard InChI is InChI=1S/C34H36FN5O5S2/c35-24-14-21(5-8-36-17-28(42)25-2-4-27(41)30-31(25)47-33(44)38-30)13-22(15-24)18-39-9-6-34(7-10-39)19-40(11-12-45-34)32(43)23-1-3-26-29(16-23)46-20-37-26/h1-4,13-16,20,28,36,41-42H,5-12,17-19H2,(H,38,44). The number of carbonyl (C=O) groups is 1. The summed E-state index contributed by atoms with van der Waals surface area (Å²) < 4.78 is 22.5. The molecule has 5 aromatic rings. The zero-order valence-corrected chi connectivity index (χ0v) is 27.3. The molecule has 0 bridgehead atoms. The number of halogens is 1. The third-order valence-electron chi connectivity index (χ3n) is 9.18. The Kier molecular flexibility index (Phi) is 9.09. The highest BCUT2D eigenvalue weighted by Crippen LogP contribution is 2.33. The number of fused-ring (bicyclic) bond motifs is 2. The summed E-state index contributed by atoms with van der Waals surface area (Å²) in [5.74, 6) is -0.282. The number of rotatable bonds is 9. The monoisotopic (exact) mass is 677 g/mol. The fourth-order valence-electron chi connectivity index (χ4n) is 6.70. The Morgan fingerprint density at radius 3 is 2.81 bits per heavy atom. The van der Waals surface area contributed by atoms with Crippen LogP contribution in [0.25, 0.3) is 20.4 Å². The number of H-pyrrole nitrogens is 1. The van der Waals surface area contributed by atoms with Crippen molar-refractivity contribution in [3.63, 3.8) is 0 Å². The van der Waals surface area contributed by atoms with Crippen LogP contribution in [0.4, 0.5) is 4.39 Å². The van der Waals surface area contributed by atoms with Gasteiger partial charge in [0.1, 0.15) is 17.1 Å². The largest absolute Gasteiger partial charge is 0.506 e. The Hall–Kier alpha value is -3.72. The highest BCUT2D eigenvalue weighted by Gasteiger charge is 2.41. The fourth-order valence-corrected chi connectivity index (χ4v) is 8.34. The van der Waals surface area contributed by atoms with Gasteiger partial charge in [0.05, 0.1) is 45.3 Å². The second-order valence-corrected chi connectivity index (χ2v) is 14.3. The number of benzene rings is 3. The molecule has 2 fully saturated rings. The number of aromatic hydroxyl groups is 1. The smallest absolute Gasteiger partial charge is 0.305 e. The quantitative estimate of drug-likeness (QED) is 0.169. The first kappa shape index (κ1) is 31.9. The molecule has 13 heteroatoms. The molecule has 4 N–H and O–H groups in total. The van der Waals surface area contributed by atoms with Crippen molar-refractivity contribution in [2.45, 2.75) is 37.5 Å². The number of likely N-dealkylation sites (tertiary alicyclic amines) is 1.